The molecule has 0 radical (unpaired) electrons. The predicted molar refractivity (Wildman–Crippen MR) is 70.1 cm³/mol. The van der Waals surface area contributed by atoms with Crippen LogP contribution >= 0.6 is 0 Å². The van der Waals surface area contributed by atoms with E-state index in [1.165, 1.54) is 6.07 Å². The van der Waals surface area contributed by atoms with Crippen LogP contribution < -0.4 is 10.1 Å². The molecule has 1 amide bonds. The standard InChI is InChI=1S/C15H13F2NO2/c16-13-7-6-11(8-14(13)17)9-18-15(19)10-20-12-4-2-1-3-5-12/h1-8H,9-10H2,(H,18,19). The SMILES string of the molecule is O=C(COc1ccccc1)NCc1ccc(F)c(F)c1. The third-order valence-electron chi connectivity index (χ3n) is 2.59. The van der Waals surface area contributed by atoms with Crippen LogP contribution in [0.5, 0.6) is 5.75 Å². The first-order valence-corrected chi connectivity index (χ1v) is 6.03. The van der Waals surface area contributed by atoms with Crippen molar-refractivity contribution < 1.29 is 18.3 Å². The summed E-state index contributed by atoms with van der Waals surface area (Å²) >= 11 is 0. The minimum absolute atomic E-state index is 0.119. The van der Waals surface area contributed by atoms with E-state index in [-0.39, 0.29) is 19.1 Å². The number of hydrogen-bond acceptors (Lipinski definition) is 2. The van der Waals surface area contributed by atoms with Gasteiger partial charge in [-0.15, -0.1) is 0 Å². The minimum Gasteiger partial charge on any atom is -0.484 e. The molecule has 0 aliphatic heterocycles. The van der Waals surface area contributed by atoms with Crippen molar-refractivity contribution in [1.82, 2.24) is 5.32 Å². The van der Waals surface area contributed by atoms with Gasteiger partial charge in [-0.05, 0) is 29.8 Å². The van der Waals surface area contributed by atoms with Crippen LogP contribution in [0.15, 0.2) is 48.5 Å². The molecular formula is C15H13F2NO2. The highest BCUT2D eigenvalue weighted by Gasteiger charge is 2.05. The Hall–Kier alpha value is -2.43. The molecule has 0 fully saturated rings. The molecule has 2 aromatic rings. The fourth-order valence-corrected chi connectivity index (χ4v) is 1.57. The summed E-state index contributed by atoms with van der Waals surface area (Å²) in [6.45, 7) is -0.0120. The number of carbonyl (C=O) groups excluding carboxylic acids is 1. The lowest BCUT2D eigenvalue weighted by Gasteiger charge is -2.07. The van der Waals surface area contributed by atoms with Crippen LogP contribution in [-0.4, -0.2) is 12.5 Å². The number of nitrogens with one attached hydrogen (secondary N) is 1. The van der Waals surface area contributed by atoms with Crippen molar-refractivity contribution in [2.24, 2.45) is 0 Å². The Labute approximate surface area is 115 Å². The highest BCUT2D eigenvalue weighted by molar-refractivity contribution is 5.77. The molecule has 5 heteroatoms. The molecule has 2 rings (SSSR count). The van der Waals surface area contributed by atoms with Crippen molar-refractivity contribution in [3.63, 3.8) is 0 Å². The Kier molecular flexibility index (Phi) is 4.65. The number of hydrogen-bond donors (Lipinski definition) is 1. The number of carbonyl (C=O) groups is 1. The van der Waals surface area contributed by atoms with Gasteiger partial charge in [-0.1, -0.05) is 24.3 Å². The Bertz CT molecular complexity index is 588. The Morgan fingerprint density at radius 1 is 1.05 bits per heavy atom. The maximum absolute atomic E-state index is 13.0. The number of rotatable bonds is 5. The number of benzene rings is 2. The maximum Gasteiger partial charge on any atom is 0.258 e. The van der Waals surface area contributed by atoms with Crippen molar-refractivity contribution in [1.29, 1.82) is 0 Å². The van der Waals surface area contributed by atoms with Crippen LogP contribution in [0.25, 0.3) is 0 Å². The van der Waals surface area contributed by atoms with Crippen LogP contribution in [0.1, 0.15) is 5.56 Å². The number of halogens is 2. The molecular weight excluding hydrogens is 264 g/mol. The molecule has 0 aliphatic carbocycles. The van der Waals surface area contributed by atoms with Gasteiger partial charge in [0.25, 0.3) is 5.91 Å². The van der Waals surface area contributed by atoms with Gasteiger partial charge in [-0.25, -0.2) is 8.78 Å². The smallest absolute Gasteiger partial charge is 0.258 e. The second-order valence-corrected chi connectivity index (χ2v) is 4.13. The summed E-state index contributed by atoms with van der Waals surface area (Å²) in [6, 6.07) is 12.4. The lowest BCUT2D eigenvalue weighted by molar-refractivity contribution is -0.123. The zero-order chi connectivity index (χ0) is 14.4. The van der Waals surface area contributed by atoms with Gasteiger partial charge in [0.15, 0.2) is 18.2 Å². The van der Waals surface area contributed by atoms with E-state index < -0.39 is 11.6 Å². The monoisotopic (exact) mass is 277 g/mol. The van der Waals surface area contributed by atoms with Gasteiger partial charge in [0.05, 0.1) is 0 Å². The molecule has 0 spiro atoms. The normalized spacial score (nSPS) is 10.1. The van der Waals surface area contributed by atoms with E-state index in [0.717, 1.165) is 12.1 Å². The van der Waals surface area contributed by atoms with Crippen molar-refractivity contribution in [3.05, 3.63) is 65.7 Å². The highest BCUT2D eigenvalue weighted by Crippen LogP contribution is 2.09. The summed E-state index contributed by atoms with van der Waals surface area (Å²) in [5.74, 6) is -1.58. The van der Waals surface area contributed by atoms with Crippen LogP contribution in [0.4, 0.5) is 8.78 Å². The van der Waals surface area contributed by atoms with E-state index in [2.05, 4.69) is 5.32 Å². The van der Waals surface area contributed by atoms with E-state index in [1.54, 1.807) is 24.3 Å². The van der Waals surface area contributed by atoms with Crippen molar-refractivity contribution >= 4 is 5.91 Å². The van der Waals surface area contributed by atoms with Crippen LogP contribution in [0.2, 0.25) is 0 Å². The minimum atomic E-state index is -0.933. The number of ether oxygens (including phenoxy) is 1. The predicted octanol–water partition coefficient (Wildman–Crippen LogP) is 2.66. The molecule has 0 unspecified atom stereocenters. The quantitative estimate of drug-likeness (QED) is 0.912. The van der Waals surface area contributed by atoms with Gasteiger partial charge < -0.3 is 10.1 Å². The fraction of sp³-hybridized carbons (Fsp3) is 0.133. The van der Waals surface area contributed by atoms with Crippen LogP contribution in [-0.2, 0) is 11.3 Å². The summed E-state index contributed by atoms with van der Waals surface area (Å²) in [4.78, 5) is 11.5. The Balaban J connectivity index is 1.79. The zero-order valence-corrected chi connectivity index (χ0v) is 10.6. The second kappa shape index (κ2) is 6.65. The highest BCUT2D eigenvalue weighted by atomic mass is 19.2. The van der Waals surface area contributed by atoms with E-state index in [4.69, 9.17) is 4.74 Å². The van der Waals surface area contributed by atoms with E-state index in [1.807, 2.05) is 6.07 Å². The van der Waals surface area contributed by atoms with Crippen molar-refractivity contribution in [2.75, 3.05) is 6.61 Å². The Morgan fingerprint density at radius 2 is 1.80 bits per heavy atom. The average Bonchev–Trinajstić information content (AvgIpc) is 2.47. The second-order valence-electron chi connectivity index (χ2n) is 4.13. The summed E-state index contributed by atoms with van der Waals surface area (Å²) in [6.07, 6.45) is 0. The lowest BCUT2D eigenvalue weighted by atomic mass is 10.2. The number of para-hydroxylation sites is 1. The molecule has 0 saturated heterocycles. The van der Waals surface area contributed by atoms with Crippen molar-refractivity contribution in [3.8, 4) is 5.75 Å². The van der Waals surface area contributed by atoms with Crippen molar-refractivity contribution in [2.45, 2.75) is 6.54 Å². The average molecular weight is 277 g/mol. The van der Waals surface area contributed by atoms with Gasteiger partial charge in [0, 0.05) is 6.54 Å². The first kappa shape index (κ1) is 14.0. The fourth-order valence-electron chi connectivity index (χ4n) is 1.57. The molecule has 1 N–H and O–H groups in total. The summed E-state index contributed by atoms with van der Waals surface area (Å²) in [7, 11) is 0. The first-order chi connectivity index (χ1) is 9.65. The third kappa shape index (κ3) is 4.05. The first-order valence-electron chi connectivity index (χ1n) is 6.03. The molecule has 0 aliphatic rings. The largest absolute Gasteiger partial charge is 0.484 e. The molecule has 3 nitrogen and oxygen atoms in total. The van der Waals surface area contributed by atoms with Crippen LogP contribution in [0.3, 0.4) is 0 Å². The third-order valence-corrected chi connectivity index (χ3v) is 2.59. The molecule has 0 bridgehead atoms. The van der Waals surface area contributed by atoms with Crippen LogP contribution in [0, 0.1) is 11.6 Å². The van der Waals surface area contributed by atoms with E-state index in [9.17, 15) is 13.6 Å². The zero-order valence-electron chi connectivity index (χ0n) is 10.6. The van der Waals surface area contributed by atoms with E-state index >= 15 is 0 Å². The maximum atomic E-state index is 13.0. The molecule has 0 heterocycles. The summed E-state index contributed by atoms with van der Waals surface area (Å²) < 4.78 is 30.9. The molecule has 20 heavy (non-hydrogen) atoms. The summed E-state index contributed by atoms with van der Waals surface area (Å²) in [5.41, 5.74) is 0.483. The topological polar surface area (TPSA) is 38.3 Å². The molecule has 0 saturated carbocycles. The molecule has 0 atom stereocenters. The molecule has 2 aromatic carbocycles. The van der Waals surface area contributed by atoms with E-state index in [0.29, 0.717) is 11.3 Å². The van der Waals surface area contributed by atoms with Gasteiger partial charge >= 0.3 is 0 Å². The Morgan fingerprint density at radius 3 is 2.50 bits per heavy atom. The molecule has 0 aromatic heterocycles. The van der Waals surface area contributed by atoms with Gasteiger partial charge in [-0.2, -0.15) is 0 Å². The van der Waals surface area contributed by atoms with Gasteiger partial charge in [0.2, 0.25) is 0 Å². The van der Waals surface area contributed by atoms with Gasteiger partial charge in [-0.3, -0.25) is 4.79 Å². The molecule has 104 valence electrons. The summed E-state index contributed by atoms with van der Waals surface area (Å²) in [5, 5.41) is 2.56. The lowest BCUT2D eigenvalue weighted by Crippen LogP contribution is -2.28. The van der Waals surface area contributed by atoms with Gasteiger partial charge in [0.1, 0.15) is 5.75 Å². The number of amides is 1.